The van der Waals surface area contributed by atoms with Gasteiger partial charge in [-0.05, 0) is 126 Å². The van der Waals surface area contributed by atoms with Crippen molar-refractivity contribution in [3.05, 3.63) is 12.2 Å². The number of hydrogen-bond acceptors (Lipinski definition) is 13. The molecule has 3 saturated carbocycles. The maximum absolute atomic E-state index is 15.7. The normalized spacial score (nSPS) is 31.6. The van der Waals surface area contributed by atoms with Crippen molar-refractivity contribution in [1.82, 2.24) is 60.0 Å². The summed E-state index contributed by atoms with van der Waals surface area (Å²) in [7, 11) is 10.7. The predicted octanol–water partition coefficient (Wildman–Crippen LogP) is 6.60. The molecule has 12 amide bonds. The Balaban J connectivity index is 1.50. The predicted molar refractivity (Wildman–Crippen MR) is 383 cm³/mol. The lowest BCUT2D eigenvalue weighted by Crippen LogP contribution is -2.71. The van der Waals surface area contributed by atoms with Crippen LogP contribution in [0.4, 0.5) is 35.1 Å². The number of hydrogen-bond donors (Lipinski definition) is 3. The van der Waals surface area contributed by atoms with Gasteiger partial charge < -0.3 is 64.8 Å². The lowest BCUT2D eigenvalue weighted by atomic mass is 9.58. The van der Waals surface area contributed by atoms with E-state index in [0.29, 0.717) is 19.3 Å². The number of amides is 12. The third-order valence-electron chi connectivity index (χ3n) is 23.6. The van der Waals surface area contributed by atoms with Gasteiger partial charge in [0, 0.05) is 82.5 Å². The first-order chi connectivity index (χ1) is 50.3. The number of fused-ring (bicyclic) bond motifs is 3. The second-order valence-electron chi connectivity index (χ2n) is 32.1. The first-order valence-electron chi connectivity index (χ1n) is 38.3. The van der Waals surface area contributed by atoms with Crippen LogP contribution < -0.4 is 16.0 Å². The zero-order chi connectivity index (χ0) is 81.2. The molecule has 2 bridgehead atoms. The van der Waals surface area contributed by atoms with Crippen LogP contribution in [0.25, 0.3) is 0 Å². The SMILES string of the molecule is CCO[C@@H]1C[C@H]2C(=O)NC3(CC(C)(C)C3)C(=O)N(C)[C@@H](C(CC)CC)C(=O)N(C)[C@H](C(=O)N(C)C)CC(=O)N(C)[C@@H](CC)C(=O)N[C@@H]([C@@H](C)CC)C(=O)N(C)CC(=O)N(C)[C@H]3C/C=C\CCN(C3=O)[C@@H](CC3CCC(C(F)(F)F)CC3)C(=O)N(C)CC(=O)N[C@@H](CCC3CC(F)C(C(F)(F)F)C(F)C3)C(=O)N2C1. The van der Waals surface area contributed by atoms with Gasteiger partial charge in [0.2, 0.25) is 70.9 Å². The highest BCUT2D eigenvalue weighted by Crippen LogP contribution is 2.50. The number of ether oxygens (including phenoxy) is 1. The van der Waals surface area contributed by atoms with E-state index in [1.807, 2.05) is 13.8 Å². The molecule has 5 fully saturated rings. The molecule has 6 rings (SSSR count). The first-order valence-corrected chi connectivity index (χ1v) is 38.3. The van der Waals surface area contributed by atoms with Gasteiger partial charge in [-0.1, -0.05) is 79.9 Å². The van der Waals surface area contributed by atoms with Gasteiger partial charge in [-0.25, -0.2) is 8.78 Å². The number of carbonyl (C=O) groups is 12. The smallest absolute Gasteiger partial charge is 0.377 e. The van der Waals surface area contributed by atoms with Crippen molar-refractivity contribution in [2.75, 3.05) is 89.2 Å². The molecule has 0 aromatic carbocycles. The Morgan fingerprint density at radius 3 is 1.78 bits per heavy atom. The van der Waals surface area contributed by atoms with Crippen LogP contribution in [0.1, 0.15) is 177 Å². The maximum atomic E-state index is 15.7. The Bertz CT molecular complexity index is 3220. The Hall–Kier alpha value is -7.22. The van der Waals surface area contributed by atoms with Crippen LogP contribution in [0.3, 0.4) is 0 Å². The topological polar surface area (TPSA) is 279 Å². The van der Waals surface area contributed by atoms with Gasteiger partial charge in [0.25, 0.3) is 0 Å². The van der Waals surface area contributed by atoms with Crippen LogP contribution in [0.2, 0.25) is 0 Å². The summed E-state index contributed by atoms with van der Waals surface area (Å²) in [6, 6.07) is -11.5. The summed E-state index contributed by atoms with van der Waals surface area (Å²) in [6.45, 7) is 12.1. The zero-order valence-electron chi connectivity index (χ0n) is 65.8. The van der Waals surface area contributed by atoms with Crippen LogP contribution in [0.15, 0.2) is 12.2 Å². The van der Waals surface area contributed by atoms with Crippen molar-refractivity contribution >= 4 is 70.9 Å². The molecule has 612 valence electrons. The fourth-order valence-corrected chi connectivity index (χ4v) is 17.2. The lowest BCUT2D eigenvalue weighted by Gasteiger charge is -2.54. The Kier molecular flexibility index (Phi) is 31.3. The number of rotatable bonds is 14. The van der Waals surface area contributed by atoms with Crippen LogP contribution in [-0.2, 0) is 62.3 Å². The standard InChI is InChI=1S/C75H118F8N12O13/c1-17-43(6)61-69(105)89(12)40-59(98)91(14)53-25-23-22-24-32-94(68(53)104)56(35-44-26-29-47(30-27-44)74(78,79)80)67(103)88(11)39-57(96)84-51(31-28-45-33-49(76)60(50(77)34-45)75(81,82)83)65(101)95-38-48(108-21-5)36-54(95)64(100)86-73(41-72(7,8)42-73)71(107)93(16)62(46(18-2)19-3)70(106)92(15)55(66(102)87(9)10)37-58(97)90(13)52(20-4)63(99)85-61/h22-23,43-56,60-62H,17-21,24-42H2,1-16H3,(H,84,96)(H,85,99)(H,86,100)/b23-22-/t43-,44?,45?,47?,48+,49?,50?,51-,52-,53-,54-,55-,56-,60?,61-,62-/m0/s1. The van der Waals surface area contributed by atoms with Crippen LogP contribution in [-0.4, -0.2) is 289 Å². The van der Waals surface area contributed by atoms with Crippen LogP contribution >= 0.6 is 0 Å². The van der Waals surface area contributed by atoms with E-state index in [-0.39, 0.29) is 96.7 Å². The Morgan fingerprint density at radius 1 is 0.639 bits per heavy atom. The van der Waals surface area contributed by atoms with Crippen molar-refractivity contribution in [3.63, 3.8) is 0 Å². The number of carbonyl (C=O) groups excluding carboxylic acids is 12. The minimum Gasteiger partial charge on any atom is -0.377 e. The van der Waals surface area contributed by atoms with E-state index >= 15 is 37.5 Å². The fraction of sp³-hybridized carbons (Fsp3) is 0.813. The molecule has 2 unspecified atom stereocenters. The molecule has 33 heteroatoms. The zero-order valence-corrected chi connectivity index (χ0v) is 65.8. The molecule has 12 atom stereocenters. The second-order valence-corrected chi connectivity index (χ2v) is 32.1. The summed E-state index contributed by atoms with van der Waals surface area (Å²) in [6.07, 6.45) is -15.6. The van der Waals surface area contributed by atoms with Gasteiger partial charge in [-0.3, -0.25) is 57.5 Å². The molecular formula is C75H118F8N12O13. The largest absolute Gasteiger partial charge is 0.397 e. The molecule has 108 heavy (non-hydrogen) atoms. The Labute approximate surface area is 630 Å². The van der Waals surface area contributed by atoms with E-state index in [2.05, 4.69) is 16.0 Å². The fourth-order valence-electron chi connectivity index (χ4n) is 17.2. The highest BCUT2D eigenvalue weighted by molar-refractivity contribution is 6.01. The van der Waals surface area contributed by atoms with Crippen LogP contribution in [0.5, 0.6) is 0 Å². The number of alkyl halides is 8. The molecule has 3 heterocycles. The molecule has 3 aliphatic heterocycles. The lowest BCUT2D eigenvalue weighted by molar-refractivity contribution is -0.219. The minimum absolute atomic E-state index is 0.00516. The maximum Gasteiger partial charge on any atom is 0.397 e. The van der Waals surface area contributed by atoms with E-state index in [0.717, 1.165) is 29.4 Å². The summed E-state index contributed by atoms with van der Waals surface area (Å²) in [5.74, 6) is -17.2. The van der Waals surface area contributed by atoms with E-state index < -0.39 is 235 Å². The second kappa shape index (κ2) is 37.7. The first kappa shape index (κ1) is 89.7. The number of nitrogens with one attached hydrogen (secondary N) is 3. The third-order valence-corrected chi connectivity index (χ3v) is 23.6. The van der Waals surface area contributed by atoms with Gasteiger partial charge in [0.15, 0.2) is 0 Å². The van der Waals surface area contributed by atoms with Gasteiger partial charge in [-0.15, -0.1) is 0 Å². The summed E-state index contributed by atoms with van der Waals surface area (Å²) in [5, 5.41) is 8.38. The molecule has 6 aliphatic rings. The summed E-state index contributed by atoms with van der Waals surface area (Å²) in [5.41, 5.74) is -2.40. The van der Waals surface area contributed by atoms with Gasteiger partial charge in [0.1, 0.15) is 72.1 Å². The molecule has 2 saturated heterocycles. The van der Waals surface area contributed by atoms with Crippen molar-refractivity contribution in [3.8, 4) is 0 Å². The van der Waals surface area contributed by atoms with Crippen molar-refractivity contribution in [1.29, 1.82) is 0 Å². The van der Waals surface area contributed by atoms with Gasteiger partial charge >= 0.3 is 12.4 Å². The Morgan fingerprint density at radius 2 is 1.24 bits per heavy atom. The van der Waals surface area contributed by atoms with Crippen molar-refractivity contribution < 1.29 is 97.4 Å². The molecular weight excluding hydrogens is 1430 g/mol. The minimum atomic E-state index is -5.22. The third kappa shape index (κ3) is 21.5. The highest BCUT2D eigenvalue weighted by Gasteiger charge is 2.60. The van der Waals surface area contributed by atoms with Crippen molar-refractivity contribution in [2.45, 2.75) is 262 Å². The average molecular weight is 1550 g/mol. The summed E-state index contributed by atoms with van der Waals surface area (Å²) in [4.78, 5) is 191. The molecule has 0 aromatic heterocycles. The highest BCUT2D eigenvalue weighted by atomic mass is 19.4. The quantitative estimate of drug-likeness (QED) is 0.122. The van der Waals surface area contributed by atoms with Gasteiger partial charge in [-0.2, -0.15) is 26.3 Å². The molecule has 3 aliphatic carbocycles. The van der Waals surface area contributed by atoms with Gasteiger partial charge in [0.05, 0.1) is 31.5 Å². The molecule has 25 nitrogen and oxygen atoms in total. The molecule has 1 spiro atoms. The summed E-state index contributed by atoms with van der Waals surface area (Å²) < 4.78 is 121. The molecule has 0 aromatic rings. The van der Waals surface area contributed by atoms with E-state index in [9.17, 15) is 55.1 Å². The monoisotopic (exact) mass is 1550 g/mol. The number of nitrogens with zero attached hydrogens (tertiary/aromatic N) is 9. The molecule has 0 radical (unpaired) electrons. The average Bonchev–Trinajstić information content (AvgIpc) is 0.917. The number of halogens is 8. The van der Waals surface area contributed by atoms with E-state index in [4.69, 9.17) is 4.74 Å². The molecule has 3 N–H and O–H groups in total. The summed E-state index contributed by atoms with van der Waals surface area (Å²) >= 11 is 0. The van der Waals surface area contributed by atoms with Crippen LogP contribution in [0, 0.1) is 40.9 Å². The van der Waals surface area contributed by atoms with Crippen molar-refractivity contribution in [2.24, 2.45) is 40.9 Å². The number of likely N-dealkylation sites (N-methyl/N-ethyl adjacent to an activating group) is 7. The van der Waals surface area contributed by atoms with E-state index in [1.165, 1.54) is 71.1 Å². The van der Waals surface area contributed by atoms with E-state index in [1.54, 1.807) is 53.7 Å².